The molecule has 2 N–H and O–H groups in total. The summed E-state index contributed by atoms with van der Waals surface area (Å²) in [6.45, 7) is 3.00. The fraction of sp³-hybridized carbons (Fsp3) is 0.500. The van der Waals surface area contributed by atoms with E-state index in [2.05, 4.69) is 10.6 Å². The summed E-state index contributed by atoms with van der Waals surface area (Å²) >= 11 is 0. The van der Waals surface area contributed by atoms with Crippen LogP contribution in [0.3, 0.4) is 0 Å². The summed E-state index contributed by atoms with van der Waals surface area (Å²) in [6.07, 6.45) is -0.234. The monoisotopic (exact) mass is 363 g/mol. The molecule has 0 radical (unpaired) electrons. The van der Waals surface area contributed by atoms with Crippen molar-refractivity contribution in [3.63, 3.8) is 0 Å². The lowest BCUT2D eigenvalue weighted by atomic mass is 10.1. The first-order valence-electron chi connectivity index (χ1n) is 7.01. The minimum absolute atomic E-state index is 0. The largest absolute Gasteiger partial charge is 0.375 e. The van der Waals surface area contributed by atoms with Crippen LogP contribution in [0.5, 0.6) is 0 Å². The number of sulfonamides is 1. The van der Waals surface area contributed by atoms with Crippen molar-refractivity contribution in [2.24, 2.45) is 0 Å². The first-order chi connectivity index (χ1) is 10.3. The summed E-state index contributed by atoms with van der Waals surface area (Å²) in [5, 5.41) is 5.82. The molecular formula is C14H22ClN3O4S. The van der Waals surface area contributed by atoms with Crippen LogP contribution in [0, 0.1) is 0 Å². The zero-order chi connectivity index (χ0) is 16.3. The molecule has 1 aromatic rings. The molecule has 0 bridgehead atoms. The van der Waals surface area contributed by atoms with E-state index in [4.69, 9.17) is 4.74 Å². The lowest BCUT2D eigenvalue weighted by Crippen LogP contribution is -2.53. The number of amides is 1. The summed E-state index contributed by atoms with van der Waals surface area (Å²) in [6, 6.07) is 5.74. The number of hydrogen-bond acceptors (Lipinski definition) is 5. The Bertz CT molecular complexity index is 651. The van der Waals surface area contributed by atoms with Crippen molar-refractivity contribution in [3.05, 3.63) is 24.3 Å². The van der Waals surface area contributed by atoms with E-state index in [1.807, 2.05) is 6.92 Å². The minimum Gasteiger partial charge on any atom is -0.375 e. The Morgan fingerprint density at radius 1 is 1.39 bits per heavy atom. The molecular weight excluding hydrogens is 342 g/mol. The van der Waals surface area contributed by atoms with E-state index in [0.717, 1.165) is 4.31 Å². The molecule has 23 heavy (non-hydrogen) atoms. The zero-order valence-electron chi connectivity index (χ0n) is 13.3. The van der Waals surface area contributed by atoms with Gasteiger partial charge in [0.1, 0.15) is 6.04 Å². The predicted molar refractivity (Wildman–Crippen MR) is 90.4 cm³/mol. The SMILES string of the molecule is C[C@H]1OCCN[C@@H]1C(=O)Nc1cccc(S(=O)(=O)N(C)C)c1.Cl. The second kappa shape index (κ2) is 8.07. The second-order valence-corrected chi connectivity index (χ2v) is 7.46. The molecule has 2 atom stereocenters. The molecule has 1 heterocycles. The number of nitrogens with zero attached hydrogens (tertiary/aromatic N) is 1. The Kier molecular flexibility index (Phi) is 6.97. The number of carbonyl (C=O) groups excluding carboxylic acids is 1. The van der Waals surface area contributed by atoms with Gasteiger partial charge < -0.3 is 15.4 Å². The smallest absolute Gasteiger partial charge is 0.244 e. The Labute approximate surface area is 142 Å². The number of benzene rings is 1. The van der Waals surface area contributed by atoms with Crippen LogP contribution in [0.2, 0.25) is 0 Å². The van der Waals surface area contributed by atoms with Crippen LogP contribution in [0.1, 0.15) is 6.92 Å². The highest BCUT2D eigenvalue weighted by Gasteiger charge is 2.28. The van der Waals surface area contributed by atoms with Gasteiger partial charge in [-0.05, 0) is 25.1 Å². The number of rotatable bonds is 4. The van der Waals surface area contributed by atoms with Gasteiger partial charge in [-0.25, -0.2) is 12.7 Å². The number of nitrogens with one attached hydrogen (secondary N) is 2. The molecule has 0 saturated carbocycles. The van der Waals surface area contributed by atoms with Gasteiger partial charge in [-0.3, -0.25) is 4.79 Å². The van der Waals surface area contributed by atoms with Crippen LogP contribution in [-0.2, 0) is 19.6 Å². The topological polar surface area (TPSA) is 87.7 Å². The number of hydrogen-bond donors (Lipinski definition) is 2. The quantitative estimate of drug-likeness (QED) is 0.821. The number of ether oxygens (including phenoxy) is 1. The molecule has 9 heteroatoms. The number of morpholine rings is 1. The molecule has 2 rings (SSSR count). The Morgan fingerprint density at radius 2 is 2.09 bits per heavy atom. The van der Waals surface area contributed by atoms with Crippen LogP contribution < -0.4 is 10.6 Å². The lowest BCUT2D eigenvalue weighted by Gasteiger charge is -2.29. The van der Waals surface area contributed by atoms with Gasteiger partial charge in [-0.15, -0.1) is 12.4 Å². The van der Waals surface area contributed by atoms with Gasteiger partial charge in [0.2, 0.25) is 15.9 Å². The van der Waals surface area contributed by atoms with Gasteiger partial charge in [0, 0.05) is 26.3 Å². The van der Waals surface area contributed by atoms with E-state index in [1.165, 1.54) is 26.2 Å². The molecule has 1 aliphatic rings. The van der Waals surface area contributed by atoms with E-state index < -0.39 is 16.1 Å². The summed E-state index contributed by atoms with van der Waals surface area (Å²) in [4.78, 5) is 12.4. The molecule has 1 amide bonds. The van der Waals surface area contributed by atoms with Crippen LogP contribution in [-0.4, -0.2) is 58.0 Å². The van der Waals surface area contributed by atoms with Gasteiger partial charge in [0.15, 0.2) is 0 Å². The third-order valence-corrected chi connectivity index (χ3v) is 5.29. The fourth-order valence-corrected chi connectivity index (χ4v) is 3.14. The van der Waals surface area contributed by atoms with Gasteiger partial charge in [0.25, 0.3) is 0 Å². The third kappa shape index (κ3) is 4.65. The number of carbonyl (C=O) groups is 1. The minimum atomic E-state index is -3.53. The van der Waals surface area contributed by atoms with Gasteiger partial charge in [0.05, 0.1) is 17.6 Å². The highest BCUT2D eigenvalue weighted by Crippen LogP contribution is 2.18. The Balaban J connectivity index is 0.00000264. The maximum atomic E-state index is 12.3. The summed E-state index contributed by atoms with van der Waals surface area (Å²) in [5.74, 6) is -0.244. The lowest BCUT2D eigenvalue weighted by molar-refractivity contribution is -0.123. The van der Waals surface area contributed by atoms with E-state index in [0.29, 0.717) is 18.8 Å². The van der Waals surface area contributed by atoms with Gasteiger partial charge >= 0.3 is 0 Å². The molecule has 0 unspecified atom stereocenters. The van der Waals surface area contributed by atoms with Gasteiger partial charge in [-0.2, -0.15) is 0 Å². The molecule has 130 valence electrons. The van der Waals surface area contributed by atoms with E-state index in [1.54, 1.807) is 12.1 Å². The Hall–Kier alpha value is -1.19. The molecule has 0 spiro atoms. The summed E-state index contributed by atoms with van der Waals surface area (Å²) in [5.41, 5.74) is 0.437. The summed E-state index contributed by atoms with van der Waals surface area (Å²) in [7, 11) is -0.601. The highest BCUT2D eigenvalue weighted by molar-refractivity contribution is 7.89. The van der Waals surface area contributed by atoms with Gasteiger partial charge in [-0.1, -0.05) is 6.07 Å². The zero-order valence-corrected chi connectivity index (χ0v) is 14.9. The molecule has 0 aliphatic carbocycles. The van der Waals surface area contributed by atoms with Crippen LogP contribution in [0.25, 0.3) is 0 Å². The van der Waals surface area contributed by atoms with Crippen LogP contribution in [0.4, 0.5) is 5.69 Å². The average molecular weight is 364 g/mol. The first-order valence-corrected chi connectivity index (χ1v) is 8.45. The van der Waals surface area contributed by atoms with Crippen molar-refractivity contribution < 1.29 is 17.9 Å². The van der Waals surface area contributed by atoms with Crippen molar-refractivity contribution in [2.75, 3.05) is 32.6 Å². The van der Waals surface area contributed by atoms with Crippen LogP contribution >= 0.6 is 12.4 Å². The molecule has 1 saturated heterocycles. The molecule has 7 nitrogen and oxygen atoms in total. The normalized spacial score (nSPS) is 21.6. The molecule has 1 aliphatic heterocycles. The van der Waals surface area contributed by atoms with Crippen molar-refractivity contribution in [1.82, 2.24) is 9.62 Å². The predicted octanol–water partition coefficient (Wildman–Crippen LogP) is 0.674. The van der Waals surface area contributed by atoms with E-state index in [9.17, 15) is 13.2 Å². The molecule has 1 fully saturated rings. The van der Waals surface area contributed by atoms with Crippen LogP contribution in [0.15, 0.2) is 29.2 Å². The van der Waals surface area contributed by atoms with Crippen molar-refractivity contribution in [1.29, 1.82) is 0 Å². The second-order valence-electron chi connectivity index (χ2n) is 5.31. The number of anilines is 1. The van der Waals surface area contributed by atoms with Crippen molar-refractivity contribution in [3.8, 4) is 0 Å². The van der Waals surface area contributed by atoms with E-state index >= 15 is 0 Å². The molecule has 1 aromatic carbocycles. The number of halogens is 1. The third-order valence-electron chi connectivity index (χ3n) is 3.48. The highest BCUT2D eigenvalue weighted by atomic mass is 35.5. The van der Waals surface area contributed by atoms with E-state index in [-0.39, 0.29) is 29.3 Å². The first kappa shape index (κ1) is 19.9. The maximum absolute atomic E-state index is 12.3. The Morgan fingerprint density at radius 3 is 2.70 bits per heavy atom. The van der Waals surface area contributed by atoms with Crippen molar-refractivity contribution in [2.45, 2.75) is 24.0 Å². The molecule has 0 aromatic heterocycles. The average Bonchev–Trinajstić information content (AvgIpc) is 2.47. The van der Waals surface area contributed by atoms with Crippen molar-refractivity contribution >= 4 is 34.0 Å². The fourth-order valence-electron chi connectivity index (χ4n) is 2.19. The maximum Gasteiger partial charge on any atom is 0.244 e. The standard InChI is InChI=1S/C14H21N3O4S.ClH/c1-10-13(15-7-8-21-10)14(18)16-11-5-4-6-12(9-11)22(19,20)17(2)3;/h4-6,9-10,13,15H,7-8H2,1-3H3,(H,16,18);1H/t10-,13+;/m1./s1. The summed E-state index contributed by atoms with van der Waals surface area (Å²) < 4.78 is 30.8.